The normalized spacial score (nSPS) is 28.8. The molecule has 3 amide bonds. The Morgan fingerprint density at radius 3 is 2.62 bits per heavy atom. The van der Waals surface area contributed by atoms with Gasteiger partial charge in [-0.3, -0.25) is 24.5 Å². The second-order valence-corrected chi connectivity index (χ2v) is 8.83. The Kier molecular flexibility index (Phi) is 4.43. The number of nitrogens with zero attached hydrogens (tertiary/aromatic N) is 1. The topological polar surface area (TPSA) is 134 Å². The van der Waals surface area contributed by atoms with Gasteiger partial charge in [-0.05, 0) is 24.6 Å². The number of fused-ring (bicyclic) bond motifs is 5. The van der Waals surface area contributed by atoms with E-state index in [9.17, 15) is 24.3 Å². The van der Waals surface area contributed by atoms with Gasteiger partial charge < -0.3 is 19.9 Å². The highest BCUT2D eigenvalue weighted by Crippen LogP contribution is 2.54. The second-order valence-electron chi connectivity index (χ2n) is 8.83. The molecule has 4 aliphatic rings. The Labute approximate surface area is 193 Å². The number of hydrogen-bond donors (Lipinski definition) is 3. The van der Waals surface area contributed by atoms with Gasteiger partial charge in [-0.1, -0.05) is 18.2 Å². The lowest BCUT2D eigenvalue weighted by Crippen LogP contribution is -2.53. The van der Waals surface area contributed by atoms with Gasteiger partial charge in [0.25, 0.3) is 0 Å². The smallest absolute Gasteiger partial charge is 0.303 e. The third-order valence-corrected chi connectivity index (χ3v) is 7.08. The SMILES string of the molecule is O=C(O)CCC1NC2(C(=O)Nc3ccccc32)C2C(=O)N(c3ccc4c(c3)OCCO4)C(=O)C12. The molecule has 4 heterocycles. The van der Waals surface area contributed by atoms with E-state index in [1.165, 1.54) is 0 Å². The van der Waals surface area contributed by atoms with E-state index in [1.54, 1.807) is 42.5 Å². The molecule has 2 aromatic carbocycles. The van der Waals surface area contributed by atoms with Crippen LogP contribution < -0.4 is 25.0 Å². The molecule has 174 valence electrons. The molecule has 0 saturated carbocycles. The number of aliphatic carboxylic acids is 1. The molecule has 34 heavy (non-hydrogen) atoms. The van der Waals surface area contributed by atoms with Crippen molar-refractivity contribution < 1.29 is 33.8 Å². The average molecular weight is 463 g/mol. The van der Waals surface area contributed by atoms with Gasteiger partial charge in [-0.25, -0.2) is 4.90 Å². The van der Waals surface area contributed by atoms with Crippen molar-refractivity contribution in [3.63, 3.8) is 0 Å². The van der Waals surface area contributed by atoms with E-state index in [4.69, 9.17) is 9.47 Å². The maximum absolute atomic E-state index is 13.9. The highest BCUT2D eigenvalue weighted by atomic mass is 16.6. The van der Waals surface area contributed by atoms with Gasteiger partial charge in [0.15, 0.2) is 11.5 Å². The Morgan fingerprint density at radius 1 is 1.06 bits per heavy atom. The van der Waals surface area contributed by atoms with Gasteiger partial charge in [-0.15, -0.1) is 0 Å². The zero-order chi connectivity index (χ0) is 23.6. The third-order valence-electron chi connectivity index (χ3n) is 7.08. The first-order valence-corrected chi connectivity index (χ1v) is 11.1. The van der Waals surface area contributed by atoms with Crippen molar-refractivity contribution in [2.75, 3.05) is 23.4 Å². The van der Waals surface area contributed by atoms with E-state index in [2.05, 4.69) is 10.6 Å². The van der Waals surface area contributed by atoms with Crippen LogP contribution in [0.4, 0.5) is 11.4 Å². The predicted octanol–water partition coefficient (Wildman–Crippen LogP) is 1.25. The average Bonchev–Trinajstić information content (AvgIpc) is 3.42. The summed E-state index contributed by atoms with van der Waals surface area (Å²) in [6, 6.07) is 11.2. The fraction of sp³-hybridized carbons (Fsp3) is 0.333. The van der Waals surface area contributed by atoms with Crippen LogP contribution in [0.15, 0.2) is 42.5 Å². The molecular weight excluding hydrogens is 442 g/mol. The minimum absolute atomic E-state index is 0.0989. The van der Waals surface area contributed by atoms with Crippen LogP contribution in [0.3, 0.4) is 0 Å². The highest BCUT2D eigenvalue weighted by molar-refractivity contribution is 6.25. The zero-order valence-electron chi connectivity index (χ0n) is 17.9. The van der Waals surface area contributed by atoms with Crippen molar-refractivity contribution in [2.45, 2.75) is 24.4 Å². The standard InChI is InChI=1S/C24H21N3O7/c28-18(29)8-6-15-19-20(24(26-15)13-3-1-2-4-14(13)25-23(24)32)22(31)27(21(19)30)12-5-7-16-17(11-12)34-10-9-33-16/h1-5,7,11,15,19-20,26H,6,8-10H2,(H,25,32)(H,28,29). The van der Waals surface area contributed by atoms with Crippen molar-refractivity contribution in [3.8, 4) is 11.5 Å². The molecule has 3 N–H and O–H groups in total. The fourth-order valence-corrected chi connectivity index (χ4v) is 5.71. The summed E-state index contributed by atoms with van der Waals surface area (Å²) in [5.41, 5.74) is 0.0147. The van der Waals surface area contributed by atoms with Crippen LogP contribution in [-0.4, -0.2) is 48.1 Å². The summed E-state index contributed by atoms with van der Waals surface area (Å²) in [7, 11) is 0. The minimum Gasteiger partial charge on any atom is -0.486 e. The molecule has 0 aromatic heterocycles. The molecule has 4 aliphatic heterocycles. The van der Waals surface area contributed by atoms with Crippen molar-refractivity contribution in [2.24, 2.45) is 11.8 Å². The van der Waals surface area contributed by atoms with Crippen LogP contribution in [-0.2, 0) is 24.7 Å². The quantitative estimate of drug-likeness (QED) is 0.577. The number of imide groups is 1. The summed E-state index contributed by atoms with van der Waals surface area (Å²) in [6.45, 7) is 0.761. The fourth-order valence-electron chi connectivity index (χ4n) is 5.71. The van der Waals surface area contributed by atoms with E-state index in [1.807, 2.05) is 0 Å². The molecule has 1 spiro atoms. The number of amides is 3. The largest absolute Gasteiger partial charge is 0.486 e. The lowest BCUT2D eigenvalue weighted by Gasteiger charge is -2.29. The number of rotatable bonds is 4. The number of para-hydroxylation sites is 1. The molecule has 10 heteroatoms. The molecule has 0 aliphatic carbocycles. The number of carboxylic acids is 1. The van der Waals surface area contributed by atoms with E-state index < -0.39 is 47.1 Å². The monoisotopic (exact) mass is 463 g/mol. The molecule has 2 fully saturated rings. The van der Waals surface area contributed by atoms with Gasteiger partial charge in [0.2, 0.25) is 17.7 Å². The van der Waals surface area contributed by atoms with E-state index >= 15 is 0 Å². The molecule has 6 rings (SSSR count). The summed E-state index contributed by atoms with van der Waals surface area (Å²) in [6.07, 6.45) is -0.104. The van der Waals surface area contributed by atoms with Crippen LogP contribution in [0.5, 0.6) is 11.5 Å². The number of nitrogens with one attached hydrogen (secondary N) is 2. The van der Waals surface area contributed by atoms with Crippen LogP contribution >= 0.6 is 0 Å². The number of ether oxygens (including phenoxy) is 2. The number of carbonyl (C=O) groups excluding carboxylic acids is 3. The van der Waals surface area contributed by atoms with E-state index in [0.29, 0.717) is 41.7 Å². The molecule has 2 saturated heterocycles. The molecular formula is C24H21N3O7. The van der Waals surface area contributed by atoms with Gasteiger partial charge in [-0.2, -0.15) is 0 Å². The Hall–Kier alpha value is -3.92. The third kappa shape index (κ3) is 2.72. The number of carbonyl (C=O) groups is 4. The molecule has 2 aromatic rings. The molecule has 10 nitrogen and oxygen atoms in total. The van der Waals surface area contributed by atoms with Crippen molar-refractivity contribution in [1.82, 2.24) is 5.32 Å². The molecule has 4 atom stereocenters. The van der Waals surface area contributed by atoms with Crippen LogP contribution in [0.1, 0.15) is 18.4 Å². The first-order valence-electron chi connectivity index (χ1n) is 11.1. The van der Waals surface area contributed by atoms with Crippen molar-refractivity contribution in [3.05, 3.63) is 48.0 Å². The maximum Gasteiger partial charge on any atom is 0.303 e. The number of anilines is 2. The number of benzene rings is 2. The van der Waals surface area contributed by atoms with Crippen molar-refractivity contribution >= 4 is 35.1 Å². The molecule has 0 bridgehead atoms. The first kappa shape index (κ1) is 20.7. The Morgan fingerprint density at radius 2 is 1.82 bits per heavy atom. The summed E-state index contributed by atoms with van der Waals surface area (Å²) in [4.78, 5) is 53.3. The van der Waals surface area contributed by atoms with Crippen LogP contribution in [0.2, 0.25) is 0 Å². The summed E-state index contributed by atoms with van der Waals surface area (Å²) < 4.78 is 11.2. The number of carboxylic acid groups (broad SMARTS) is 1. The molecule has 4 unspecified atom stereocenters. The van der Waals surface area contributed by atoms with Gasteiger partial charge in [0, 0.05) is 29.8 Å². The summed E-state index contributed by atoms with van der Waals surface area (Å²) in [5, 5.41) is 15.3. The summed E-state index contributed by atoms with van der Waals surface area (Å²) in [5.74, 6) is -3.38. The minimum atomic E-state index is -1.46. The first-order chi connectivity index (χ1) is 16.4. The van der Waals surface area contributed by atoms with Gasteiger partial charge in [0.1, 0.15) is 18.8 Å². The zero-order valence-corrected chi connectivity index (χ0v) is 17.9. The Bertz CT molecular complexity index is 1260. The van der Waals surface area contributed by atoms with E-state index in [0.717, 1.165) is 4.90 Å². The highest BCUT2D eigenvalue weighted by Gasteiger charge is 2.70. The lowest BCUT2D eigenvalue weighted by atomic mass is 9.76. The van der Waals surface area contributed by atoms with Gasteiger partial charge >= 0.3 is 5.97 Å². The predicted molar refractivity (Wildman–Crippen MR) is 117 cm³/mol. The van der Waals surface area contributed by atoms with Gasteiger partial charge in [0.05, 0.1) is 17.5 Å². The Balaban J connectivity index is 1.46. The van der Waals surface area contributed by atoms with Crippen LogP contribution in [0, 0.1) is 11.8 Å². The van der Waals surface area contributed by atoms with Crippen LogP contribution in [0.25, 0.3) is 0 Å². The second kappa shape index (κ2) is 7.29. The number of hydrogen-bond acceptors (Lipinski definition) is 7. The lowest BCUT2D eigenvalue weighted by molar-refractivity contribution is -0.137. The maximum atomic E-state index is 13.9. The summed E-state index contributed by atoms with van der Waals surface area (Å²) >= 11 is 0. The molecule has 0 radical (unpaired) electrons. The van der Waals surface area contributed by atoms with Crippen molar-refractivity contribution in [1.29, 1.82) is 0 Å². The van der Waals surface area contributed by atoms with E-state index in [-0.39, 0.29) is 12.8 Å².